The van der Waals surface area contributed by atoms with E-state index in [1.54, 1.807) is 6.08 Å². The summed E-state index contributed by atoms with van der Waals surface area (Å²) >= 11 is 1.91. The van der Waals surface area contributed by atoms with Crippen molar-refractivity contribution >= 4 is 28.1 Å². The lowest BCUT2D eigenvalue weighted by Crippen LogP contribution is -2.52. The average Bonchev–Trinajstić information content (AvgIpc) is 2.41. The first-order valence-corrected chi connectivity index (χ1v) is 8.86. The molecule has 7 N–H and O–H groups in total. The topological polar surface area (TPSA) is 166 Å². The molecule has 0 amide bonds. The summed E-state index contributed by atoms with van der Waals surface area (Å²) in [5.74, 6) is 1.35. The van der Waals surface area contributed by atoms with E-state index < -0.39 is 16.6 Å². The number of guanidine groups is 1. The zero-order valence-corrected chi connectivity index (χ0v) is 13.7. The highest BCUT2D eigenvalue weighted by molar-refractivity contribution is 8.00. The number of hydrogen-bond donors (Lipinski definition) is 3. The van der Waals surface area contributed by atoms with Crippen LogP contribution >= 0.6 is 11.8 Å². The molecule has 1 fully saturated rings. The van der Waals surface area contributed by atoms with Crippen molar-refractivity contribution in [2.75, 3.05) is 18.8 Å². The van der Waals surface area contributed by atoms with E-state index in [1.165, 1.54) is 0 Å². The van der Waals surface area contributed by atoms with Crippen LogP contribution in [0.25, 0.3) is 0 Å². The Labute approximate surface area is 133 Å². The summed E-state index contributed by atoms with van der Waals surface area (Å²) in [5, 5.41) is 1.16. The van der Waals surface area contributed by atoms with Gasteiger partial charge in [-0.1, -0.05) is 6.92 Å². The molecule has 2 unspecified atom stereocenters. The second-order valence-corrected chi connectivity index (χ2v) is 7.07. The second-order valence-electron chi connectivity index (χ2n) is 4.66. The fourth-order valence-corrected chi connectivity index (χ4v) is 3.68. The average molecular weight is 355 g/mol. The van der Waals surface area contributed by atoms with Gasteiger partial charge in [0.1, 0.15) is 12.0 Å². The van der Waals surface area contributed by atoms with Crippen molar-refractivity contribution < 1.29 is 22.7 Å². The summed E-state index contributed by atoms with van der Waals surface area (Å²) in [6.07, 6.45) is 1.65. The first-order chi connectivity index (χ1) is 9.80. The summed E-state index contributed by atoms with van der Waals surface area (Å²) in [7, 11) is -4.71. The van der Waals surface area contributed by atoms with Crippen molar-refractivity contribution in [2.45, 2.75) is 24.8 Å². The molecule has 0 radical (unpaired) electrons. The lowest BCUT2D eigenvalue weighted by atomic mass is 10.3. The molecular weight excluding hydrogens is 334 g/mol. The van der Waals surface area contributed by atoms with Crippen LogP contribution < -0.4 is 11.5 Å². The predicted octanol–water partition coefficient (Wildman–Crippen LogP) is -1.52. The minimum absolute atomic E-state index is 0. The summed E-state index contributed by atoms with van der Waals surface area (Å²) in [6, 6.07) is 0. The van der Waals surface area contributed by atoms with Crippen LogP contribution in [0.4, 0.5) is 0 Å². The minimum Gasteiger partial charge on any atom is -0.412 e. The van der Waals surface area contributed by atoms with E-state index in [0.717, 1.165) is 25.3 Å². The molecule has 1 saturated heterocycles. The van der Waals surface area contributed by atoms with Crippen LogP contribution in [-0.4, -0.2) is 64.6 Å². The van der Waals surface area contributed by atoms with Gasteiger partial charge in [0.2, 0.25) is 5.96 Å². The maximum absolute atomic E-state index is 10.7. The Bertz CT molecular complexity index is 552. The summed E-state index contributed by atoms with van der Waals surface area (Å²) in [6.45, 7) is 3.77. The van der Waals surface area contributed by atoms with E-state index in [0.29, 0.717) is 16.1 Å². The van der Waals surface area contributed by atoms with Gasteiger partial charge in [-0.25, -0.2) is 0 Å². The fraction of sp³-hybridized carbons (Fsp3) is 0.700. The Morgan fingerprint density at radius 1 is 1.59 bits per heavy atom. The van der Waals surface area contributed by atoms with E-state index in [4.69, 9.17) is 16.0 Å². The van der Waals surface area contributed by atoms with Crippen molar-refractivity contribution in [3.8, 4) is 0 Å². The zero-order chi connectivity index (χ0) is 15.6. The molecule has 0 aromatic carbocycles. The molecular formula is C10H21N5O5S2. The van der Waals surface area contributed by atoms with Gasteiger partial charge in [-0.2, -0.15) is 30.2 Å². The van der Waals surface area contributed by atoms with Crippen molar-refractivity contribution in [2.24, 2.45) is 16.5 Å². The third-order valence-corrected chi connectivity index (χ3v) is 4.86. The molecule has 0 aromatic rings. The number of thioether (sulfide) groups is 1. The highest BCUT2D eigenvalue weighted by Gasteiger charge is 2.29. The molecule has 22 heavy (non-hydrogen) atoms. The fourth-order valence-electron chi connectivity index (χ4n) is 2.12. The lowest BCUT2D eigenvalue weighted by Gasteiger charge is -2.36. The largest absolute Gasteiger partial charge is 0.418 e. The first kappa shape index (κ1) is 19.0. The molecule has 2 aliphatic heterocycles. The highest BCUT2D eigenvalue weighted by atomic mass is 32.3. The molecule has 0 spiro atoms. The Hall–Kier alpha value is -1.05. The van der Waals surface area contributed by atoms with Crippen LogP contribution in [0.3, 0.4) is 0 Å². The third-order valence-electron chi connectivity index (χ3n) is 3.14. The number of hydrogen-bond acceptors (Lipinski definition) is 9. The van der Waals surface area contributed by atoms with Gasteiger partial charge >= 0.3 is 10.4 Å². The standard InChI is InChI=1S/C10H19N5O4S2.H2O/c1-2-7-6-14(3-4-20-7)9-5-8(11)15(10(12)13-9)19-21(16,17)18;/h5,7-8H,2-4,6,11H2,1H3,(H2,12,13)(H,16,17,18);1H2. The van der Waals surface area contributed by atoms with Crippen molar-refractivity contribution in [3.63, 3.8) is 0 Å². The van der Waals surface area contributed by atoms with Gasteiger partial charge in [0.15, 0.2) is 0 Å². The normalized spacial score (nSPS) is 26.1. The lowest BCUT2D eigenvalue weighted by molar-refractivity contribution is -0.0132. The molecule has 2 atom stereocenters. The van der Waals surface area contributed by atoms with E-state index in [-0.39, 0.29) is 11.4 Å². The molecule has 2 aliphatic rings. The van der Waals surface area contributed by atoms with Gasteiger partial charge in [0.25, 0.3) is 0 Å². The van der Waals surface area contributed by atoms with Gasteiger partial charge in [0.05, 0.1) is 0 Å². The van der Waals surface area contributed by atoms with Gasteiger partial charge < -0.3 is 21.8 Å². The number of rotatable bonds is 4. The maximum atomic E-state index is 10.7. The Kier molecular flexibility index (Phi) is 6.46. The maximum Gasteiger partial charge on any atom is 0.418 e. The molecule has 12 heteroatoms. The van der Waals surface area contributed by atoms with E-state index in [1.807, 2.05) is 11.8 Å². The van der Waals surface area contributed by atoms with Gasteiger partial charge in [-0.15, -0.1) is 4.28 Å². The van der Waals surface area contributed by atoms with Crippen LogP contribution in [0.1, 0.15) is 13.3 Å². The molecule has 0 saturated carbocycles. The van der Waals surface area contributed by atoms with Crippen LogP contribution in [0.15, 0.2) is 16.9 Å². The van der Waals surface area contributed by atoms with Crippen LogP contribution in [-0.2, 0) is 14.7 Å². The quantitative estimate of drug-likeness (QED) is 0.507. The molecule has 2 rings (SSSR count). The van der Waals surface area contributed by atoms with Gasteiger partial charge in [-0.3, -0.25) is 4.55 Å². The number of aliphatic imine (C=N–C) groups is 1. The smallest absolute Gasteiger partial charge is 0.412 e. The Morgan fingerprint density at radius 3 is 2.82 bits per heavy atom. The second kappa shape index (κ2) is 7.48. The Morgan fingerprint density at radius 2 is 2.27 bits per heavy atom. The SMILES string of the molecule is CCC1CN(C2=CC(N)N(OS(=O)(=O)O)C(N)=N2)CCS1.O. The summed E-state index contributed by atoms with van der Waals surface area (Å²) in [5.41, 5.74) is 11.5. The molecule has 128 valence electrons. The van der Waals surface area contributed by atoms with Crippen LogP contribution in [0.2, 0.25) is 0 Å². The van der Waals surface area contributed by atoms with E-state index in [2.05, 4.69) is 21.1 Å². The summed E-state index contributed by atoms with van der Waals surface area (Å²) in [4.78, 5) is 6.17. The number of nitrogens with zero attached hydrogens (tertiary/aromatic N) is 3. The molecule has 0 aromatic heterocycles. The Balaban J connectivity index is 0.00000242. The summed E-state index contributed by atoms with van der Waals surface area (Å²) < 4.78 is 34.5. The van der Waals surface area contributed by atoms with Crippen LogP contribution in [0, 0.1) is 0 Å². The van der Waals surface area contributed by atoms with Crippen LogP contribution in [0.5, 0.6) is 0 Å². The molecule has 2 heterocycles. The molecule has 0 bridgehead atoms. The van der Waals surface area contributed by atoms with Crippen molar-refractivity contribution in [1.29, 1.82) is 0 Å². The van der Waals surface area contributed by atoms with Gasteiger partial charge in [0, 0.05) is 24.1 Å². The van der Waals surface area contributed by atoms with Crippen molar-refractivity contribution in [1.82, 2.24) is 9.96 Å². The predicted molar refractivity (Wildman–Crippen MR) is 83.9 cm³/mol. The van der Waals surface area contributed by atoms with Crippen molar-refractivity contribution in [3.05, 3.63) is 11.9 Å². The highest BCUT2D eigenvalue weighted by Crippen LogP contribution is 2.25. The monoisotopic (exact) mass is 355 g/mol. The molecule has 10 nitrogen and oxygen atoms in total. The minimum atomic E-state index is -4.71. The third kappa shape index (κ3) is 4.72. The van der Waals surface area contributed by atoms with E-state index >= 15 is 0 Å². The zero-order valence-electron chi connectivity index (χ0n) is 12.0. The number of hydroxylamine groups is 2. The number of nitrogens with two attached hydrogens (primary N) is 2. The van der Waals surface area contributed by atoms with E-state index in [9.17, 15) is 8.42 Å². The first-order valence-electron chi connectivity index (χ1n) is 6.44. The molecule has 0 aliphatic carbocycles. The van der Waals surface area contributed by atoms with Gasteiger partial charge in [-0.05, 0) is 12.5 Å².